The molecule has 0 aliphatic heterocycles. The monoisotopic (exact) mass is 290 g/mol. The lowest BCUT2D eigenvalue weighted by molar-refractivity contribution is 0.0687. The maximum Gasteiger partial charge on any atom is 0.356 e. The molecule has 1 unspecified atom stereocenters. The van der Waals surface area contributed by atoms with Crippen molar-refractivity contribution in [3.8, 4) is 0 Å². The summed E-state index contributed by atoms with van der Waals surface area (Å²) in [5.41, 5.74) is -0.230. The van der Waals surface area contributed by atoms with Crippen molar-refractivity contribution in [1.29, 1.82) is 0 Å². The standard InChI is InChI=1S/C10H14N2O4S2/c1-3-18(16)5-4-11-10-12-7(9(14)15)8(17-10)6(2)13/h3-5H2,1-2H3,(H,11,12)(H,14,15). The van der Waals surface area contributed by atoms with Crippen LogP contribution in [0.1, 0.15) is 34.0 Å². The highest BCUT2D eigenvalue weighted by Crippen LogP contribution is 2.23. The Morgan fingerprint density at radius 1 is 1.50 bits per heavy atom. The Morgan fingerprint density at radius 2 is 2.17 bits per heavy atom. The number of aromatic carboxylic acids is 1. The van der Waals surface area contributed by atoms with Gasteiger partial charge in [-0.05, 0) is 0 Å². The number of carbonyl (C=O) groups is 2. The van der Waals surface area contributed by atoms with Gasteiger partial charge in [-0.2, -0.15) is 0 Å². The number of carbonyl (C=O) groups excluding carboxylic acids is 1. The topological polar surface area (TPSA) is 96.4 Å². The molecule has 1 aromatic heterocycles. The van der Waals surface area contributed by atoms with E-state index in [2.05, 4.69) is 10.3 Å². The molecule has 0 bridgehead atoms. The molecule has 2 N–H and O–H groups in total. The van der Waals surface area contributed by atoms with Gasteiger partial charge in [0.25, 0.3) is 0 Å². The fourth-order valence-electron chi connectivity index (χ4n) is 1.20. The molecule has 0 spiro atoms. The van der Waals surface area contributed by atoms with Crippen LogP contribution in [0.3, 0.4) is 0 Å². The van der Waals surface area contributed by atoms with Crippen molar-refractivity contribution in [3.63, 3.8) is 0 Å². The number of carboxylic acids is 1. The van der Waals surface area contributed by atoms with Crippen molar-refractivity contribution in [3.05, 3.63) is 10.6 Å². The molecule has 8 heteroatoms. The molecule has 0 radical (unpaired) electrons. The average molecular weight is 290 g/mol. The number of aromatic nitrogens is 1. The van der Waals surface area contributed by atoms with Crippen LogP contribution in [0.15, 0.2) is 0 Å². The SMILES string of the molecule is CCS(=O)CCNc1nc(C(=O)O)c(C(C)=O)s1. The first-order valence-corrected chi connectivity index (χ1v) is 7.60. The Labute approximate surface area is 111 Å². The Hall–Kier alpha value is -1.28. The summed E-state index contributed by atoms with van der Waals surface area (Å²) >= 11 is 1.00. The summed E-state index contributed by atoms with van der Waals surface area (Å²) in [6.45, 7) is 3.57. The lowest BCUT2D eigenvalue weighted by atomic mass is 10.3. The first kappa shape index (κ1) is 14.8. The van der Waals surface area contributed by atoms with Crippen molar-refractivity contribution in [2.45, 2.75) is 13.8 Å². The maximum atomic E-state index is 11.2. The number of thiazole rings is 1. The van der Waals surface area contributed by atoms with Crippen molar-refractivity contribution in [2.24, 2.45) is 0 Å². The third-order valence-electron chi connectivity index (χ3n) is 2.08. The lowest BCUT2D eigenvalue weighted by Gasteiger charge is -2.00. The number of nitrogens with one attached hydrogen (secondary N) is 1. The quantitative estimate of drug-likeness (QED) is 0.733. The number of carboxylic acid groups (broad SMARTS) is 1. The summed E-state index contributed by atoms with van der Waals surface area (Å²) in [6.07, 6.45) is 0. The van der Waals surface area contributed by atoms with Crippen molar-refractivity contribution in [1.82, 2.24) is 4.98 Å². The minimum atomic E-state index is -1.22. The van der Waals surface area contributed by atoms with Gasteiger partial charge in [0.2, 0.25) is 0 Å². The maximum absolute atomic E-state index is 11.2. The second-order valence-corrected chi connectivity index (χ2v) is 6.28. The van der Waals surface area contributed by atoms with Gasteiger partial charge in [0.1, 0.15) is 4.88 Å². The number of anilines is 1. The van der Waals surface area contributed by atoms with Crippen LogP contribution in [0.25, 0.3) is 0 Å². The van der Waals surface area contributed by atoms with Crippen LogP contribution < -0.4 is 5.32 Å². The molecule has 6 nitrogen and oxygen atoms in total. The molecule has 100 valence electrons. The van der Waals surface area contributed by atoms with E-state index in [1.165, 1.54) is 6.92 Å². The van der Waals surface area contributed by atoms with E-state index in [9.17, 15) is 13.8 Å². The van der Waals surface area contributed by atoms with Gasteiger partial charge in [0, 0.05) is 35.8 Å². The van der Waals surface area contributed by atoms with Gasteiger partial charge in [-0.1, -0.05) is 18.3 Å². The zero-order valence-corrected chi connectivity index (χ0v) is 11.7. The summed E-state index contributed by atoms with van der Waals surface area (Å²) in [5, 5.41) is 12.1. The van der Waals surface area contributed by atoms with Crippen molar-refractivity contribution < 1.29 is 18.9 Å². The van der Waals surface area contributed by atoms with Gasteiger partial charge >= 0.3 is 5.97 Å². The van der Waals surface area contributed by atoms with Crippen LogP contribution in [0.4, 0.5) is 5.13 Å². The van der Waals surface area contributed by atoms with Crippen LogP contribution in [-0.2, 0) is 10.8 Å². The van der Waals surface area contributed by atoms with E-state index in [4.69, 9.17) is 5.11 Å². The van der Waals surface area contributed by atoms with Crippen LogP contribution >= 0.6 is 11.3 Å². The molecule has 0 saturated carbocycles. The third kappa shape index (κ3) is 3.88. The zero-order valence-electron chi connectivity index (χ0n) is 10.1. The first-order valence-electron chi connectivity index (χ1n) is 5.29. The van der Waals surface area contributed by atoms with Crippen molar-refractivity contribution in [2.75, 3.05) is 23.4 Å². The van der Waals surface area contributed by atoms with Gasteiger partial charge < -0.3 is 10.4 Å². The third-order valence-corrected chi connectivity index (χ3v) is 4.49. The number of ketones is 1. The second-order valence-electron chi connectivity index (χ2n) is 3.42. The number of hydrogen-bond donors (Lipinski definition) is 2. The predicted octanol–water partition coefficient (Wildman–Crippen LogP) is 1.22. The molecule has 0 aliphatic carbocycles. The molecular weight excluding hydrogens is 276 g/mol. The number of nitrogens with zero attached hydrogens (tertiary/aromatic N) is 1. The van der Waals surface area contributed by atoms with Gasteiger partial charge in [0.05, 0.1) is 0 Å². The summed E-state index contributed by atoms with van der Waals surface area (Å²) in [7, 11) is -0.886. The van der Waals surface area contributed by atoms with Gasteiger partial charge in [0.15, 0.2) is 16.6 Å². The second kappa shape index (κ2) is 6.60. The highest BCUT2D eigenvalue weighted by molar-refractivity contribution is 7.84. The molecule has 0 amide bonds. The molecule has 1 atom stereocenters. The largest absolute Gasteiger partial charge is 0.476 e. The Balaban J connectivity index is 2.73. The minimum Gasteiger partial charge on any atom is -0.476 e. The van der Waals surface area contributed by atoms with Crippen LogP contribution in [0.2, 0.25) is 0 Å². The Kier molecular flexibility index (Phi) is 5.42. The Morgan fingerprint density at radius 3 is 2.61 bits per heavy atom. The average Bonchev–Trinajstić information content (AvgIpc) is 2.73. The van der Waals surface area contributed by atoms with E-state index in [0.29, 0.717) is 23.2 Å². The number of rotatable bonds is 7. The zero-order chi connectivity index (χ0) is 13.7. The molecular formula is C10H14N2O4S2. The highest BCUT2D eigenvalue weighted by atomic mass is 32.2. The molecule has 18 heavy (non-hydrogen) atoms. The summed E-state index contributed by atoms with van der Waals surface area (Å²) < 4.78 is 11.2. The van der Waals surface area contributed by atoms with Gasteiger partial charge in [-0.15, -0.1) is 0 Å². The normalized spacial score (nSPS) is 12.1. The van der Waals surface area contributed by atoms with Crippen LogP contribution in [-0.4, -0.2) is 44.1 Å². The number of hydrogen-bond acceptors (Lipinski definition) is 6. The first-order chi connectivity index (χ1) is 8.45. The fourth-order valence-corrected chi connectivity index (χ4v) is 2.69. The van der Waals surface area contributed by atoms with E-state index in [1.807, 2.05) is 6.92 Å². The Bertz CT molecular complexity index is 453. The predicted molar refractivity (Wildman–Crippen MR) is 71.1 cm³/mol. The summed E-state index contributed by atoms with van der Waals surface area (Å²) in [5.74, 6) is -0.497. The van der Waals surface area contributed by atoms with E-state index < -0.39 is 16.8 Å². The lowest BCUT2D eigenvalue weighted by Crippen LogP contribution is -2.12. The van der Waals surface area contributed by atoms with E-state index in [-0.39, 0.29) is 16.4 Å². The highest BCUT2D eigenvalue weighted by Gasteiger charge is 2.20. The smallest absolute Gasteiger partial charge is 0.356 e. The van der Waals surface area contributed by atoms with Gasteiger partial charge in [-0.3, -0.25) is 9.00 Å². The molecule has 0 aliphatic rings. The number of Topliss-reactive ketones (excluding diaryl/α,β-unsaturated/α-hetero) is 1. The van der Waals surface area contributed by atoms with E-state index >= 15 is 0 Å². The minimum absolute atomic E-state index is 0.126. The fraction of sp³-hybridized carbons (Fsp3) is 0.500. The summed E-state index contributed by atoms with van der Waals surface area (Å²) in [6, 6.07) is 0. The molecule has 1 rings (SSSR count). The molecule has 0 saturated heterocycles. The van der Waals surface area contributed by atoms with E-state index in [1.54, 1.807) is 0 Å². The molecule has 1 aromatic rings. The van der Waals surface area contributed by atoms with Crippen LogP contribution in [0.5, 0.6) is 0 Å². The molecule has 0 aromatic carbocycles. The van der Waals surface area contributed by atoms with Crippen molar-refractivity contribution >= 4 is 39.0 Å². The summed E-state index contributed by atoms with van der Waals surface area (Å²) in [4.78, 5) is 26.1. The van der Waals surface area contributed by atoms with Gasteiger partial charge in [-0.25, -0.2) is 9.78 Å². The molecule has 1 heterocycles. The molecule has 0 fully saturated rings. The van der Waals surface area contributed by atoms with E-state index in [0.717, 1.165) is 11.3 Å². The van der Waals surface area contributed by atoms with Crippen LogP contribution in [0, 0.1) is 0 Å².